The maximum Gasteiger partial charge on any atom is -0.0473 e. The number of hydrogen-bond donors (Lipinski definition) is 0. The monoisotopic (exact) mass is 250 g/mol. The van der Waals surface area contributed by atoms with Crippen LogP contribution in [0.4, 0.5) is 0 Å². The topological polar surface area (TPSA) is 0 Å². The van der Waals surface area contributed by atoms with Gasteiger partial charge in [0, 0.05) is 0 Å². The Balaban J connectivity index is -0.0000000150. The zero-order valence-corrected chi connectivity index (χ0v) is 13.3. The van der Waals surface area contributed by atoms with Crippen molar-refractivity contribution in [1.29, 1.82) is 0 Å². The minimum atomic E-state index is 0. The summed E-state index contributed by atoms with van der Waals surface area (Å²) in [6.07, 6.45) is 4.31. The number of allylic oxidation sites excluding steroid dienone is 1. The molecule has 0 aromatic carbocycles. The molecular formula is C17H46. The van der Waals surface area contributed by atoms with E-state index in [1.165, 1.54) is 12.8 Å². The third kappa shape index (κ3) is 981. The highest BCUT2D eigenvalue weighted by Crippen LogP contribution is 1.93. The molecule has 0 aromatic rings. The summed E-state index contributed by atoms with van der Waals surface area (Å²) in [7, 11) is 0. The Bertz CT molecular complexity index is 44.0. The smallest absolute Gasteiger partial charge is 0.0473 e. The predicted molar refractivity (Wildman–Crippen MR) is 93.1 cm³/mol. The number of hydrogen-bond acceptors (Lipinski definition) is 0. The zero-order chi connectivity index (χ0) is 13.7. The Morgan fingerprint density at radius 2 is 0.941 bits per heavy atom. The Hall–Kier alpha value is -0.260. The largest absolute Gasteiger partial charge is 0.103 e. The Labute approximate surface area is 116 Å². The van der Waals surface area contributed by atoms with Gasteiger partial charge in [0.25, 0.3) is 0 Å². The second-order valence-electron chi connectivity index (χ2n) is 2.92. The fourth-order valence-electron chi connectivity index (χ4n) is 0. The summed E-state index contributed by atoms with van der Waals surface area (Å²) < 4.78 is 0. The highest BCUT2D eigenvalue weighted by atomic mass is 13.9. The molecule has 0 fully saturated rings. The summed E-state index contributed by atoms with van der Waals surface area (Å²) in [5.41, 5.74) is 0. The van der Waals surface area contributed by atoms with E-state index in [0.29, 0.717) is 0 Å². The van der Waals surface area contributed by atoms with Crippen LogP contribution in [0.5, 0.6) is 0 Å². The van der Waals surface area contributed by atoms with Gasteiger partial charge in [-0.05, 0) is 12.8 Å². The highest BCUT2D eigenvalue weighted by molar-refractivity contribution is 4.51. The van der Waals surface area contributed by atoms with Crippen LogP contribution < -0.4 is 0 Å². The van der Waals surface area contributed by atoms with E-state index in [1.54, 1.807) is 6.08 Å². The van der Waals surface area contributed by atoms with E-state index >= 15 is 0 Å². The SMILES string of the molecule is C.C.C=CC.CC.CC.CCC.CCC(C)C. The third-order valence-electron chi connectivity index (χ3n) is 0.816. The summed E-state index contributed by atoms with van der Waals surface area (Å²) in [4.78, 5) is 0. The highest BCUT2D eigenvalue weighted by Gasteiger charge is 1.80. The van der Waals surface area contributed by atoms with Gasteiger partial charge in [-0.3, -0.25) is 0 Å². The minimum absolute atomic E-state index is 0. The van der Waals surface area contributed by atoms with E-state index in [4.69, 9.17) is 0 Å². The third-order valence-corrected chi connectivity index (χ3v) is 0.816. The fourth-order valence-corrected chi connectivity index (χ4v) is 0. The Morgan fingerprint density at radius 1 is 0.882 bits per heavy atom. The molecule has 0 aliphatic carbocycles. The van der Waals surface area contributed by atoms with Crippen LogP contribution in [0.25, 0.3) is 0 Å². The van der Waals surface area contributed by atoms with Gasteiger partial charge < -0.3 is 0 Å². The van der Waals surface area contributed by atoms with Crippen molar-refractivity contribution >= 4 is 0 Å². The van der Waals surface area contributed by atoms with Crippen LogP contribution in [0.1, 0.15) is 96.9 Å². The lowest BCUT2D eigenvalue weighted by molar-refractivity contribution is 0.626. The van der Waals surface area contributed by atoms with Gasteiger partial charge in [0.05, 0.1) is 0 Å². The quantitative estimate of drug-likeness (QED) is 0.414. The Kier molecular flexibility index (Phi) is 267. The molecular weight excluding hydrogens is 204 g/mol. The maximum atomic E-state index is 3.36. The van der Waals surface area contributed by atoms with Crippen LogP contribution in [0.15, 0.2) is 12.7 Å². The maximum absolute atomic E-state index is 3.36. The van der Waals surface area contributed by atoms with Crippen molar-refractivity contribution in [3.05, 3.63) is 12.7 Å². The first kappa shape index (κ1) is 43.7. The van der Waals surface area contributed by atoms with Gasteiger partial charge in [-0.2, -0.15) is 0 Å². The molecule has 0 nitrogen and oxygen atoms in total. The Morgan fingerprint density at radius 3 is 0.941 bits per heavy atom. The van der Waals surface area contributed by atoms with Crippen molar-refractivity contribution in [3.8, 4) is 0 Å². The normalized spacial score (nSPS) is 5.35. The predicted octanol–water partition coefficient (Wildman–Crippen LogP) is 7.99. The first-order valence-corrected chi connectivity index (χ1v) is 6.67. The van der Waals surface area contributed by atoms with Crippen molar-refractivity contribution in [2.75, 3.05) is 0 Å². The van der Waals surface area contributed by atoms with Crippen molar-refractivity contribution in [1.82, 2.24) is 0 Å². The molecule has 114 valence electrons. The van der Waals surface area contributed by atoms with Crippen molar-refractivity contribution in [3.63, 3.8) is 0 Å². The van der Waals surface area contributed by atoms with Gasteiger partial charge in [0.15, 0.2) is 0 Å². The van der Waals surface area contributed by atoms with Gasteiger partial charge in [-0.25, -0.2) is 0 Å². The molecule has 0 spiro atoms. The molecule has 0 aliphatic rings. The minimum Gasteiger partial charge on any atom is -0.103 e. The van der Waals surface area contributed by atoms with Crippen molar-refractivity contribution < 1.29 is 0 Å². The average molecular weight is 251 g/mol. The summed E-state index contributed by atoms with van der Waals surface area (Å²) in [5.74, 6) is 0.884. The molecule has 0 heteroatoms. The van der Waals surface area contributed by atoms with Crippen LogP contribution in [0, 0.1) is 5.92 Å². The van der Waals surface area contributed by atoms with Crippen molar-refractivity contribution in [2.45, 2.75) is 96.9 Å². The second kappa shape index (κ2) is 104. The molecule has 17 heavy (non-hydrogen) atoms. The number of rotatable bonds is 1. The molecule has 0 aromatic heterocycles. The lowest BCUT2D eigenvalue weighted by Crippen LogP contribution is -1.77. The molecule has 0 atom stereocenters. The zero-order valence-electron chi connectivity index (χ0n) is 13.3. The summed E-state index contributed by atoms with van der Waals surface area (Å²) in [6, 6.07) is 0. The first-order chi connectivity index (χ1) is 7.10. The van der Waals surface area contributed by atoms with Gasteiger partial charge in [0.1, 0.15) is 0 Å². The van der Waals surface area contributed by atoms with E-state index in [0.717, 1.165) is 5.92 Å². The van der Waals surface area contributed by atoms with Crippen LogP contribution in [-0.4, -0.2) is 0 Å². The van der Waals surface area contributed by atoms with Crippen LogP contribution in [0.3, 0.4) is 0 Å². The van der Waals surface area contributed by atoms with Gasteiger partial charge in [-0.1, -0.05) is 96.1 Å². The van der Waals surface area contributed by atoms with E-state index in [-0.39, 0.29) is 14.9 Å². The molecule has 0 rings (SSSR count). The lowest BCUT2D eigenvalue weighted by Gasteiger charge is -1.90. The molecule has 0 bridgehead atoms. The molecule has 0 saturated heterocycles. The second-order valence-corrected chi connectivity index (χ2v) is 2.92. The van der Waals surface area contributed by atoms with E-state index < -0.39 is 0 Å². The van der Waals surface area contributed by atoms with Gasteiger partial charge >= 0.3 is 0 Å². The molecule has 0 N–H and O–H groups in total. The average Bonchev–Trinajstić information content (AvgIpc) is 2.26. The molecule has 0 aliphatic heterocycles. The van der Waals surface area contributed by atoms with E-state index in [1.807, 2.05) is 34.6 Å². The molecule has 0 amide bonds. The molecule has 0 saturated carbocycles. The van der Waals surface area contributed by atoms with Gasteiger partial charge in [0.2, 0.25) is 0 Å². The van der Waals surface area contributed by atoms with E-state index in [2.05, 4.69) is 41.2 Å². The van der Waals surface area contributed by atoms with Crippen LogP contribution in [-0.2, 0) is 0 Å². The summed E-state index contributed by atoms with van der Waals surface area (Å²) in [6.45, 7) is 24.1. The fraction of sp³-hybridized carbons (Fsp3) is 0.882. The standard InChI is InChI=1S/C5H12.C3H8.C3H6.2C2H6.2CH4/c1-4-5(2)3;2*1-3-2;2*1-2;;/h5H,4H2,1-3H3;3H2,1-2H3;3H,1H2,2H3;2*1-2H3;2*1H4. The van der Waals surface area contributed by atoms with Crippen LogP contribution >= 0.6 is 0 Å². The lowest BCUT2D eigenvalue weighted by atomic mass is 10.2. The van der Waals surface area contributed by atoms with Crippen molar-refractivity contribution in [2.24, 2.45) is 5.92 Å². The molecule has 0 radical (unpaired) electrons. The van der Waals surface area contributed by atoms with Crippen LogP contribution in [0.2, 0.25) is 0 Å². The summed E-state index contributed by atoms with van der Waals surface area (Å²) >= 11 is 0. The molecule has 0 heterocycles. The molecule has 0 unspecified atom stereocenters. The van der Waals surface area contributed by atoms with E-state index in [9.17, 15) is 0 Å². The van der Waals surface area contributed by atoms with Gasteiger partial charge in [-0.15, -0.1) is 6.58 Å². The summed E-state index contributed by atoms with van der Waals surface area (Å²) in [5, 5.41) is 0. The first-order valence-electron chi connectivity index (χ1n) is 6.67.